The highest BCUT2D eigenvalue weighted by Crippen LogP contribution is 2.33. The molecule has 9 heteroatoms. The van der Waals surface area contributed by atoms with Crippen molar-refractivity contribution in [1.82, 2.24) is 15.0 Å². The van der Waals surface area contributed by atoms with Gasteiger partial charge >= 0.3 is 0 Å². The van der Waals surface area contributed by atoms with E-state index in [1.165, 1.54) is 12.3 Å². The fourth-order valence-electron chi connectivity index (χ4n) is 2.88. The number of aromatic nitrogens is 3. The summed E-state index contributed by atoms with van der Waals surface area (Å²) in [5.74, 6) is -0.803. The number of nitrogens with two attached hydrogens (primary N) is 1. The maximum atomic E-state index is 14.4. The van der Waals surface area contributed by atoms with E-state index in [0.717, 1.165) is 11.1 Å². The summed E-state index contributed by atoms with van der Waals surface area (Å²) in [5.41, 5.74) is 8.01. The number of rotatable bonds is 4. The second-order valence-corrected chi connectivity index (χ2v) is 6.26. The van der Waals surface area contributed by atoms with Crippen molar-refractivity contribution in [1.29, 1.82) is 0 Å². The molecule has 4 heterocycles. The quantitative estimate of drug-likeness (QED) is 0.660. The number of hydrogen-bond donors (Lipinski definition) is 2. The number of nitrogens with zero attached hydrogens (tertiary/aromatic N) is 3. The van der Waals surface area contributed by atoms with Crippen molar-refractivity contribution < 1.29 is 18.3 Å². The highest BCUT2D eigenvalue weighted by Gasteiger charge is 2.19. The smallest absolute Gasteiger partial charge is 0.259 e. The van der Waals surface area contributed by atoms with Gasteiger partial charge in [0.25, 0.3) is 5.88 Å². The van der Waals surface area contributed by atoms with E-state index in [2.05, 4.69) is 20.3 Å². The van der Waals surface area contributed by atoms with E-state index in [4.69, 9.17) is 15.2 Å². The van der Waals surface area contributed by atoms with E-state index in [0.29, 0.717) is 24.5 Å². The molecule has 0 saturated heterocycles. The number of halogens is 2. The minimum atomic E-state index is -0.581. The number of pyridine rings is 3. The normalized spacial score (nSPS) is 12.0. The van der Waals surface area contributed by atoms with Gasteiger partial charge < -0.3 is 20.5 Å². The molecule has 3 aromatic heterocycles. The largest absolute Gasteiger partial charge is 0.484 e. The van der Waals surface area contributed by atoms with Crippen LogP contribution in [0.3, 0.4) is 0 Å². The molecule has 0 aliphatic carbocycles. The summed E-state index contributed by atoms with van der Waals surface area (Å²) < 4.78 is 39.3. The average molecular weight is 415 g/mol. The molecule has 1 aliphatic heterocycles. The van der Waals surface area contributed by atoms with Crippen LogP contribution >= 0.6 is 0 Å². The molecule has 30 heavy (non-hydrogen) atoms. The molecular formula is C21H23F2N5O2. The lowest BCUT2D eigenvalue weighted by molar-refractivity contribution is 0.163. The van der Waals surface area contributed by atoms with Crippen LogP contribution in [0.1, 0.15) is 30.5 Å². The summed E-state index contributed by atoms with van der Waals surface area (Å²) in [6, 6.07) is 2.79. The van der Waals surface area contributed by atoms with Crippen molar-refractivity contribution in [3.63, 3.8) is 0 Å². The van der Waals surface area contributed by atoms with Gasteiger partial charge in [0, 0.05) is 24.9 Å². The van der Waals surface area contributed by atoms with E-state index in [-0.39, 0.29) is 29.7 Å². The number of fused-ring (bicyclic) bond motifs is 1. The number of anilines is 3. The molecular weight excluding hydrogens is 392 g/mol. The van der Waals surface area contributed by atoms with Crippen LogP contribution in [0, 0.1) is 18.6 Å². The summed E-state index contributed by atoms with van der Waals surface area (Å²) >= 11 is 0. The van der Waals surface area contributed by atoms with Crippen molar-refractivity contribution in [3.05, 3.63) is 59.0 Å². The van der Waals surface area contributed by atoms with Crippen LogP contribution < -0.4 is 20.5 Å². The fraction of sp³-hybridized carbons (Fsp3) is 0.286. The predicted octanol–water partition coefficient (Wildman–Crippen LogP) is 4.17. The maximum Gasteiger partial charge on any atom is 0.259 e. The van der Waals surface area contributed by atoms with Gasteiger partial charge in [-0.3, -0.25) is 4.98 Å². The van der Waals surface area contributed by atoms with Crippen molar-refractivity contribution in [3.8, 4) is 11.6 Å². The lowest BCUT2D eigenvalue weighted by Crippen LogP contribution is -2.17. The van der Waals surface area contributed by atoms with Crippen LogP contribution in [0.2, 0.25) is 0 Å². The lowest BCUT2D eigenvalue weighted by atomic mass is 10.0. The second-order valence-electron chi connectivity index (χ2n) is 6.26. The van der Waals surface area contributed by atoms with E-state index < -0.39 is 11.6 Å². The van der Waals surface area contributed by atoms with E-state index in [1.54, 1.807) is 18.5 Å². The Morgan fingerprint density at radius 1 is 1.13 bits per heavy atom. The third-order valence-electron chi connectivity index (χ3n) is 4.44. The predicted molar refractivity (Wildman–Crippen MR) is 110 cm³/mol. The Balaban J connectivity index is 0.00000124. The molecule has 0 fully saturated rings. The molecule has 0 unspecified atom stereocenters. The topological polar surface area (TPSA) is 95.2 Å². The standard InChI is InChI=1S/C19H17F2N5O2.C2H6/c1-10-12(6-11-2-3-24-17(22)16(11)21)8-23-9-14(10)25-18-13(20)7-15-19(26-18)28-5-4-27-15;1-2/h2-3,7-9H,4-6H2,1H3,(H2,22,24)(H,25,26);1-2H3. The Labute approximate surface area is 173 Å². The van der Waals surface area contributed by atoms with Gasteiger partial charge in [-0.25, -0.2) is 13.8 Å². The first-order valence-corrected chi connectivity index (χ1v) is 9.58. The van der Waals surface area contributed by atoms with Gasteiger partial charge in [0.2, 0.25) is 0 Å². The Kier molecular flexibility index (Phi) is 6.61. The van der Waals surface area contributed by atoms with E-state index in [9.17, 15) is 8.78 Å². The van der Waals surface area contributed by atoms with Gasteiger partial charge in [0.15, 0.2) is 29.0 Å². The Hall–Kier alpha value is -3.49. The monoisotopic (exact) mass is 415 g/mol. The Bertz CT molecular complexity index is 1050. The number of nitrogens with one attached hydrogen (secondary N) is 1. The lowest BCUT2D eigenvalue weighted by Gasteiger charge is -2.19. The van der Waals surface area contributed by atoms with Gasteiger partial charge in [-0.05, 0) is 29.7 Å². The van der Waals surface area contributed by atoms with Crippen LogP contribution in [0.25, 0.3) is 0 Å². The molecule has 7 nitrogen and oxygen atoms in total. The second kappa shape index (κ2) is 9.34. The molecule has 0 radical (unpaired) electrons. The van der Waals surface area contributed by atoms with Crippen LogP contribution in [0.4, 0.5) is 26.1 Å². The first kappa shape index (κ1) is 21.2. The molecule has 158 valence electrons. The molecule has 0 atom stereocenters. The zero-order valence-corrected chi connectivity index (χ0v) is 17.0. The van der Waals surface area contributed by atoms with Crippen LogP contribution in [0.15, 0.2) is 30.7 Å². The molecule has 3 aromatic rings. The SMILES string of the molecule is CC.Cc1c(Cc2ccnc(N)c2F)cncc1Nc1nc2c(cc1F)OCCO2. The Morgan fingerprint density at radius 3 is 2.70 bits per heavy atom. The third-order valence-corrected chi connectivity index (χ3v) is 4.44. The fourth-order valence-corrected chi connectivity index (χ4v) is 2.88. The Morgan fingerprint density at radius 2 is 1.90 bits per heavy atom. The number of nitrogen functional groups attached to an aromatic ring is 1. The minimum Gasteiger partial charge on any atom is -0.484 e. The zero-order chi connectivity index (χ0) is 21.7. The molecule has 0 amide bonds. The van der Waals surface area contributed by atoms with Crippen LogP contribution in [-0.4, -0.2) is 28.2 Å². The molecule has 0 saturated carbocycles. The summed E-state index contributed by atoms with van der Waals surface area (Å²) in [6.45, 7) is 6.53. The summed E-state index contributed by atoms with van der Waals surface area (Å²) in [7, 11) is 0. The van der Waals surface area contributed by atoms with Gasteiger partial charge in [-0.15, -0.1) is 0 Å². The molecule has 3 N–H and O–H groups in total. The van der Waals surface area contributed by atoms with E-state index >= 15 is 0 Å². The molecule has 4 rings (SSSR count). The zero-order valence-electron chi connectivity index (χ0n) is 17.0. The summed E-state index contributed by atoms with van der Waals surface area (Å²) in [4.78, 5) is 12.0. The van der Waals surface area contributed by atoms with Gasteiger partial charge in [0.05, 0.1) is 11.9 Å². The van der Waals surface area contributed by atoms with Crippen molar-refractivity contribution in [2.75, 3.05) is 24.3 Å². The van der Waals surface area contributed by atoms with Gasteiger partial charge in [-0.2, -0.15) is 4.98 Å². The third kappa shape index (κ3) is 4.40. The molecule has 1 aliphatic rings. The number of ether oxygens (including phenoxy) is 2. The first-order valence-electron chi connectivity index (χ1n) is 9.58. The minimum absolute atomic E-state index is 0.00867. The van der Waals surface area contributed by atoms with Crippen molar-refractivity contribution >= 4 is 17.3 Å². The van der Waals surface area contributed by atoms with Gasteiger partial charge in [-0.1, -0.05) is 13.8 Å². The summed E-state index contributed by atoms with van der Waals surface area (Å²) in [5, 5.41) is 2.93. The van der Waals surface area contributed by atoms with E-state index in [1.807, 2.05) is 20.8 Å². The molecule has 0 bridgehead atoms. The van der Waals surface area contributed by atoms with Crippen LogP contribution in [-0.2, 0) is 6.42 Å². The highest BCUT2D eigenvalue weighted by molar-refractivity contribution is 5.63. The highest BCUT2D eigenvalue weighted by atomic mass is 19.1. The van der Waals surface area contributed by atoms with Crippen molar-refractivity contribution in [2.24, 2.45) is 0 Å². The maximum absolute atomic E-state index is 14.4. The first-order chi connectivity index (χ1) is 14.5. The molecule has 0 aromatic carbocycles. The van der Waals surface area contributed by atoms with Crippen LogP contribution in [0.5, 0.6) is 11.6 Å². The molecule has 0 spiro atoms. The average Bonchev–Trinajstić information content (AvgIpc) is 2.76. The number of hydrogen-bond acceptors (Lipinski definition) is 7. The van der Waals surface area contributed by atoms with Gasteiger partial charge in [0.1, 0.15) is 13.2 Å². The van der Waals surface area contributed by atoms with Crippen molar-refractivity contribution in [2.45, 2.75) is 27.2 Å². The summed E-state index contributed by atoms with van der Waals surface area (Å²) in [6.07, 6.45) is 4.90.